The number of pyridine rings is 1. The first kappa shape index (κ1) is 12.9. The number of aromatic nitrogens is 1. The summed E-state index contributed by atoms with van der Waals surface area (Å²) in [4.78, 5) is 26.8. The summed E-state index contributed by atoms with van der Waals surface area (Å²) in [5.41, 5.74) is -1.30. The smallest absolute Gasteiger partial charge is 0.360 e. The second kappa shape index (κ2) is 4.19. The van der Waals surface area contributed by atoms with Crippen LogP contribution in [0.1, 0.15) is 28.8 Å². The van der Waals surface area contributed by atoms with E-state index < -0.39 is 17.2 Å². The Hall–Kier alpha value is -2.11. The molecule has 0 aliphatic heterocycles. The molecule has 104 valence electrons. The van der Waals surface area contributed by atoms with E-state index in [1.807, 2.05) is 0 Å². The minimum Gasteiger partial charge on any atom is -0.360 e. The van der Waals surface area contributed by atoms with Crippen molar-refractivity contribution in [1.29, 1.82) is 0 Å². The summed E-state index contributed by atoms with van der Waals surface area (Å²) in [5, 5.41) is -0.105. The second-order valence-electron chi connectivity index (χ2n) is 4.93. The second-order valence-corrected chi connectivity index (χ2v) is 4.93. The van der Waals surface area contributed by atoms with Crippen LogP contribution in [0.15, 0.2) is 29.2 Å². The van der Waals surface area contributed by atoms with E-state index in [1.54, 1.807) is 0 Å². The van der Waals surface area contributed by atoms with Gasteiger partial charge in [-0.1, -0.05) is 0 Å². The predicted octanol–water partition coefficient (Wildman–Crippen LogP) is 3.14. The SMILES string of the molecule is O=C(c1c[nH]c2ccc(C(F)(F)F)cc2c1=O)C1CC1. The third-order valence-electron chi connectivity index (χ3n) is 3.42. The molecule has 0 bridgehead atoms. The molecule has 3 rings (SSSR count). The zero-order valence-corrected chi connectivity index (χ0v) is 10.3. The molecular weight excluding hydrogens is 271 g/mol. The summed E-state index contributed by atoms with van der Waals surface area (Å²) >= 11 is 0. The van der Waals surface area contributed by atoms with E-state index >= 15 is 0 Å². The lowest BCUT2D eigenvalue weighted by molar-refractivity contribution is -0.137. The number of Topliss-reactive ketones (excluding diaryl/α,β-unsaturated/α-hetero) is 1. The van der Waals surface area contributed by atoms with Crippen LogP contribution in [0.3, 0.4) is 0 Å². The van der Waals surface area contributed by atoms with E-state index in [0.29, 0.717) is 0 Å². The lowest BCUT2D eigenvalue weighted by Gasteiger charge is -2.08. The van der Waals surface area contributed by atoms with Crippen LogP contribution >= 0.6 is 0 Å². The summed E-state index contributed by atoms with van der Waals surface area (Å²) in [5.74, 6) is -0.440. The van der Waals surface area contributed by atoms with Crippen molar-refractivity contribution in [3.05, 3.63) is 45.7 Å². The van der Waals surface area contributed by atoms with Crippen LogP contribution in [0.2, 0.25) is 0 Å². The first-order chi connectivity index (χ1) is 9.38. The van der Waals surface area contributed by atoms with Crippen LogP contribution in [0, 0.1) is 5.92 Å². The fourth-order valence-electron chi connectivity index (χ4n) is 2.14. The Morgan fingerprint density at radius 2 is 1.95 bits per heavy atom. The van der Waals surface area contributed by atoms with Gasteiger partial charge in [0, 0.05) is 23.0 Å². The van der Waals surface area contributed by atoms with Gasteiger partial charge >= 0.3 is 6.18 Å². The van der Waals surface area contributed by atoms with Crippen molar-refractivity contribution in [2.75, 3.05) is 0 Å². The fraction of sp³-hybridized carbons (Fsp3) is 0.286. The van der Waals surface area contributed by atoms with E-state index in [9.17, 15) is 22.8 Å². The zero-order valence-electron chi connectivity index (χ0n) is 10.3. The van der Waals surface area contributed by atoms with Crippen molar-refractivity contribution in [1.82, 2.24) is 4.98 Å². The molecule has 1 N–H and O–H groups in total. The fourth-order valence-corrected chi connectivity index (χ4v) is 2.14. The third kappa shape index (κ3) is 2.11. The van der Waals surface area contributed by atoms with E-state index in [1.165, 1.54) is 12.3 Å². The van der Waals surface area contributed by atoms with Crippen LogP contribution in [-0.2, 0) is 6.18 Å². The average molecular weight is 281 g/mol. The van der Waals surface area contributed by atoms with Crippen molar-refractivity contribution in [3.8, 4) is 0 Å². The van der Waals surface area contributed by atoms with Crippen molar-refractivity contribution >= 4 is 16.7 Å². The van der Waals surface area contributed by atoms with Crippen LogP contribution in [0.4, 0.5) is 13.2 Å². The summed E-state index contributed by atoms with van der Waals surface area (Å²) in [6.45, 7) is 0. The summed E-state index contributed by atoms with van der Waals surface area (Å²) < 4.78 is 38.0. The number of hydrogen-bond donors (Lipinski definition) is 1. The molecule has 0 atom stereocenters. The van der Waals surface area contributed by atoms with Gasteiger partial charge < -0.3 is 4.98 Å². The molecule has 0 saturated heterocycles. The normalized spacial score (nSPS) is 15.6. The number of aromatic amines is 1. The van der Waals surface area contributed by atoms with Crippen LogP contribution in [0.5, 0.6) is 0 Å². The highest BCUT2D eigenvalue weighted by molar-refractivity contribution is 6.01. The van der Waals surface area contributed by atoms with Crippen LogP contribution in [0.25, 0.3) is 10.9 Å². The van der Waals surface area contributed by atoms with Gasteiger partial charge in [0.1, 0.15) is 0 Å². The quantitative estimate of drug-likeness (QED) is 0.860. The number of fused-ring (bicyclic) bond motifs is 1. The Balaban J connectivity index is 2.19. The molecule has 0 unspecified atom stereocenters. The van der Waals surface area contributed by atoms with Gasteiger partial charge in [-0.25, -0.2) is 0 Å². The number of hydrogen-bond acceptors (Lipinski definition) is 2. The highest BCUT2D eigenvalue weighted by Gasteiger charge is 2.33. The van der Waals surface area contributed by atoms with Gasteiger partial charge in [-0.15, -0.1) is 0 Å². The van der Waals surface area contributed by atoms with Gasteiger partial charge in [0.15, 0.2) is 11.2 Å². The highest BCUT2D eigenvalue weighted by Crippen LogP contribution is 2.33. The van der Waals surface area contributed by atoms with Crippen molar-refractivity contribution in [2.24, 2.45) is 5.92 Å². The Morgan fingerprint density at radius 3 is 2.55 bits per heavy atom. The molecule has 1 heterocycles. The van der Waals surface area contributed by atoms with Gasteiger partial charge in [0.05, 0.1) is 11.1 Å². The number of rotatable bonds is 2. The molecule has 0 radical (unpaired) electrons. The summed E-state index contributed by atoms with van der Waals surface area (Å²) in [6, 6.07) is 2.89. The average Bonchev–Trinajstić information content (AvgIpc) is 3.21. The summed E-state index contributed by atoms with van der Waals surface area (Å²) in [6.07, 6.45) is -1.76. The number of ketones is 1. The third-order valence-corrected chi connectivity index (χ3v) is 3.42. The standard InChI is InChI=1S/C14H10F3NO2/c15-14(16,17)8-3-4-11-9(5-8)13(20)10(6-18-11)12(19)7-1-2-7/h3-7H,1-2H2,(H,18,20). The number of carbonyl (C=O) groups excluding carboxylic acids is 1. The van der Waals surface area contributed by atoms with Gasteiger partial charge in [0.2, 0.25) is 0 Å². The summed E-state index contributed by atoms with van der Waals surface area (Å²) in [7, 11) is 0. The van der Waals surface area contributed by atoms with E-state index in [4.69, 9.17) is 0 Å². The largest absolute Gasteiger partial charge is 0.416 e. The molecule has 6 heteroatoms. The van der Waals surface area contributed by atoms with E-state index in [2.05, 4.69) is 4.98 Å². The van der Waals surface area contributed by atoms with E-state index in [0.717, 1.165) is 25.0 Å². The number of benzene rings is 1. The maximum Gasteiger partial charge on any atom is 0.416 e. The molecular formula is C14H10F3NO2. The number of H-pyrrole nitrogens is 1. The predicted molar refractivity (Wildman–Crippen MR) is 66.6 cm³/mol. The Bertz CT molecular complexity index is 757. The van der Waals surface area contributed by atoms with Gasteiger partial charge in [-0.05, 0) is 31.0 Å². The zero-order chi connectivity index (χ0) is 14.5. The first-order valence-corrected chi connectivity index (χ1v) is 6.15. The number of carbonyl (C=O) groups is 1. The molecule has 1 aromatic heterocycles. The molecule has 3 nitrogen and oxygen atoms in total. The molecule has 2 aromatic rings. The van der Waals surface area contributed by atoms with Crippen molar-refractivity contribution in [3.63, 3.8) is 0 Å². The highest BCUT2D eigenvalue weighted by atomic mass is 19.4. The molecule has 0 amide bonds. The molecule has 1 aromatic carbocycles. The lowest BCUT2D eigenvalue weighted by Crippen LogP contribution is -2.17. The van der Waals surface area contributed by atoms with Gasteiger partial charge in [0.25, 0.3) is 0 Å². The molecule has 1 saturated carbocycles. The molecule has 1 aliphatic carbocycles. The molecule has 0 spiro atoms. The minimum absolute atomic E-state index is 0.0562. The minimum atomic E-state index is -4.52. The topological polar surface area (TPSA) is 49.9 Å². The monoisotopic (exact) mass is 281 g/mol. The van der Waals surface area contributed by atoms with Crippen LogP contribution in [-0.4, -0.2) is 10.8 Å². The Kier molecular flexibility index (Phi) is 2.70. The number of halogens is 3. The van der Waals surface area contributed by atoms with Gasteiger partial charge in [-0.3, -0.25) is 9.59 Å². The Labute approximate surface area is 111 Å². The maximum absolute atomic E-state index is 12.7. The van der Waals surface area contributed by atoms with E-state index in [-0.39, 0.29) is 28.2 Å². The lowest BCUT2D eigenvalue weighted by atomic mass is 10.0. The van der Waals surface area contributed by atoms with Crippen molar-refractivity contribution in [2.45, 2.75) is 19.0 Å². The van der Waals surface area contributed by atoms with Gasteiger partial charge in [-0.2, -0.15) is 13.2 Å². The number of nitrogens with one attached hydrogen (secondary N) is 1. The Morgan fingerprint density at radius 1 is 1.25 bits per heavy atom. The van der Waals surface area contributed by atoms with Crippen molar-refractivity contribution < 1.29 is 18.0 Å². The van der Waals surface area contributed by atoms with Crippen LogP contribution < -0.4 is 5.43 Å². The molecule has 1 aliphatic rings. The number of alkyl halides is 3. The first-order valence-electron chi connectivity index (χ1n) is 6.15. The molecule has 1 fully saturated rings. The maximum atomic E-state index is 12.7. The molecule has 20 heavy (non-hydrogen) atoms.